The van der Waals surface area contributed by atoms with Crippen molar-refractivity contribution in [1.82, 2.24) is 10.3 Å². The van der Waals surface area contributed by atoms with Crippen LogP contribution in [-0.2, 0) is 11.2 Å². The highest BCUT2D eigenvalue weighted by atomic mass is 16.4. The van der Waals surface area contributed by atoms with Crippen molar-refractivity contribution in [3.8, 4) is 6.07 Å². The molecule has 4 rings (SSSR count). The van der Waals surface area contributed by atoms with Crippen LogP contribution >= 0.6 is 0 Å². The first-order valence-electron chi connectivity index (χ1n) is 10.8. The maximum absolute atomic E-state index is 12.2. The largest absolute Gasteiger partial charge is 0.475 e. The lowest BCUT2D eigenvalue weighted by atomic mass is 10.1. The summed E-state index contributed by atoms with van der Waals surface area (Å²) in [7, 11) is 0. The fourth-order valence-corrected chi connectivity index (χ4v) is 3.80. The lowest BCUT2D eigenvalue weighted by Crippen LogP contribution is -2.22. The van der Waals surface area contributed by atoms with Gasteiger partial charge >= 0.3 is 5.97 Å². The average molecular weight is 444 g/mol. The Morgan fingerprint density at radius 2 is 1.97 bits per heavy atom. The van der Waals surface area contributed by atoms with Crippen LogP contribution in [0.25, 0.3) is 21.9 Å². The molecule has 0 radical (unpaired) electrons. The number of nitrogens with zero attached hydrogens (tertiary/aromatic N) is 1. The van der Waals surface area contributed by atoms with E-state index in [4.69, 9.17) is 14.8 Å². The molecule has 2 aromatic heterocycles. The first-order valence-corrected chi connectivity index (χ1v) is 10.8. The van der Waals surface area contributed by atoms with Crippen molar-refractivity contribution in [1.29, 1.82) is 5.26 Å². The van der Waals surface area contributed by atoms with Gasteiger partial charge < -0.3 is 25.1 Å². The molecule has 0 bridgehead atoms. The fraction of sp³-hybridized carbons (Fsp3) is 0.240. The minimum atomic E-state index is -1.13. The summed E-state index contributed by atoms with van der Waals surface area (Å²) >= 11 is 0. The molecule has 8 nitrogen and oxygen atoms in total. The zero-order valence-electron chi connectivity index (χ0n) is 18.0. The summed E-state index contributed by atoms with van der Waals surface area (Å²) < 4.78 is 5.22. The van der Waals surface area contributed by atoms with E-state index in [0.29, 0.717) is 35.2 Å². The molecule has 0 fully saturated rings. The number of amides is 1. The molecule has 168 valence electrons. The number of benzene rings is 2. The van der Waals surface area contributed by atoms with Gasteiger partial charge in [-0.25, -0.2) is 4.79 Å². The van der Waals surface area contributed by atoms with Gasteiger partial charge in [0.15, 0.2) is 0 Å². The van der Waals surface area contributed by atoms with Crippen molar-refractivity contribution in [3.63, 3.8) is 0 Å². The van der Waals surface area contributed by atoms with Crippen molar-refractivity contribution >= 4 is 39.4 Å². The van der Waals surface area contributed by atoms with Crippen molar-refractivity contribution in [2.45, 2.75) is 25.7 Å². The fourth-order valence-electron chi connectivity index (χ4n) is 3.80. The summed E-state index contributed by atoms with van der Waals surface area (Å²) in [5, 5.41) is 25.9. The number of carboxylic acids is 1. The second-order valence-corrected chi connectivity index (χ2v) is 7.86. The number of nitrogens with one attached hydrogen (secondary N) is 3. The van der Waals surface area contributed by atoms with Gasteiger partial charge in [-0.15, -0.1) is 0 Å². The van der Waals surface area contributed by atoms with Crippen LogP contribution in [0.2, 0.25) is 0 Å². The van der Waals surface area contributed by atoms with Gasteiger partial charge in [-0.05, 0) is 73.8 Å². The van der Waals surface area contributed by atoms with Gasteiger partial charge in [-0.2, -0.15) is 5.26 Å². The number of aromatic nitrogens is 1. The van der Waals surface area contributed by atoms with E-state index in [1.807, 2.05) is 24.4 Å². The SMILES string of the molecule is N#Cc1ccc2[nH]cc(CCCCNCCC(=O)Nc3ccc4oc(C(=O)O)cc4c3)c2c1. The Balaban J connectivity index is 1.16. The summed E-state index contributed by atoms with van der Waals surface area (Å²) in [6, 6.07) is 14.3. The molecule has 8 heteroatoms. The topological polar surface area (TPSA) is 131 Å². The predicted octanol–water partition coefficient (Wildman–Crippen LogP) is 4.43. The van der Waals surface area contributed by atoms with E-state index in [1.54, 1.807) is 18.2 Å². The molecule has 0 unspecified atom stereocenters. The molecule has 4 aromatic rings. The van der Waals surface area contributed by atoms with Gasteiger partial charge in [0.2, 0.25) is 11.7 Å². The van der Waals surface area contributed by atoms with Crippen LogP contribution in [0, 0.1) is 11.3 Å². The number of carbonyl (C=O) groups excluding carboxylic acids is 1. The van der Waals surface area contributed by atoms with E-state index in [0.717, 1.165) is 36.7 Å². The van der Waals surface area contributed by atoms with Crippen LogP contribution in [0.4, 0.5) is 5.69 Å². The number of fused-ring (bicyclic) bond motifs is 2. The van der Waals surface area contributed by atoms with Gasteiger partial charge in [-0.3, -0.25) is 4.79 Å². The van der Waals surface area contributed by atoms with Gasteiger partial charge in [0.05, 0.1) is 11.6 Å². The highest BCUT2D eigenvalue weighted by Gasteiger charge is 2.11. The molecule has 0 spiro atoms. The number of aryl methyl sites for hydroxylation is 1. The van der Waals surface area contributed by atoms with Crippen LogP contribution in [0.15, 0.2) is 53.1 Å². The van der Waals surface area contributed by atoms with Crippen molar-refractivity contribution in [2.24, 2.45) is 0 Å². The molecule has 0 atom stereocenters. The molecular weight excluding hydrogens is 420 g/mol. The molecule has 0 saturated heterocycles. The summed E-state index contributed by atoms with van der Waals surface area (Å²) in [6.07, 6.45) is 5.26. The summed E-state index contributed by atoms with van der Waals surface area (Å²) in [4.78, 5) is 26.4. The van der Waals surface area contributed by atoms with Crippen LogP contribution in [0.5, 0.6) is 0 Å². The quantitative estimate of drug-likeness (QED) is 0.268. The van der Waals surface area contributed by atoms with E-state index in [-0.39, 0.29) is 11.7 Å². The van der Waals surface area contributed by atoms with Crippen molar-refractivity contribution in [3.05, 3.63) is 65.5 Å². The highest BCUT2D eigenvalue weighted by Crippen LogP contribution is 2.23. The molecule has 33 heavy (non-hydrogen) atoms. The number of hydrogen-bond acceptors (Lipinski definition) is 5. The molecule has 2 heterocycles. The molecule has 0 aliphatic carbocycles. The van der Waals surface area contributed by atoms with E-state index in [2.05, 4.69) is 21.7 Å². The Morgan fingerprint density at radius 3 is 2.79 bits per heavy atom. The third-order valence-corrected chi connectivity index (χ3v) is 5.49. The smallest absolute Gasteiger partial charge is 0.371 e. The molecule has 2 aromatic carbocycles. The van der Waals surface area contributed by atoms with Gasteiger partial charge in [0, 0.05) is 41.1 Å². The molecule has 1 amide bonds. The highest BCUT2D eigenvalue weighted by molar-refractivity contribution is 5.96. The average Bonchev–Trinajstić information content (AvgIpc) is 3.42. The van der Waals surface area contributed by atoms with Crippen molar-refractivity contribution in [2.75, 3.05) is 18.4 Å². The Labute approximate surface area is 190 Å². The summed E-state index contributed by atoms with van der Waals surface area (Å²) in [5.74, 6) is -1.37. The van der Waals surface area contributed by atoms with E-state index in [9.17, 15) is 9.59 Å². The van der Waals surface area contributed by atoms with Crippen LogP contribution < -0.4 is 10.6 Å². The Bertz CT molecular complexity index is 1350. The Kier molecular flexibility index (Phi) is 6.72. The Hall–Kier alpha value is -4.09. The minimum absolute atomic E-state index is 0.115. The number of nitriles is 1. The molecule has 0 saturated carbocycles. The molecule has 0 aliphatic heterocycles. The maximum atomic E-state index is 12.2. The number of aromatic carboxylic acids is 1. The number of furan rings is 1. The number of anilines is 1. The van der Waals surface area contributed by atoms with E-state index in [1.165, 1.54) is 11.6 Å². The third-order valence-electron chi connectivity index (χ3n) is 5.49. The first kappa shape index (κ1) is 22.1. The van der Waals surface area contributed by atoms with Gasteiger partial charge in [-0.1, -0.05) is 0 Å². The minimum Gasteiger partial charge on any atom is -0.475 e. The lowest BCUT2D eigenvalue weighted by Gasteiger charge is -2.07. The van der Waals surface area contributed by atoms with Crippen LogP contribution in [0.3, 0.4) is 0 Å². The van der Waals surface area contributed by atoms with Gasteiger partial charge in [0.25, 0.3) is 0 Å². The number of unbranched alkanes of at least 4 members (excludes halogenated alkanes) is 1. The zero-order chi connectivity index (χ0) is 23.2. The number of rotatable bonds is 10. The normalized spacial score (nSPS) is 11.0. The second kappa shape index (κ2) is 10.0. The summed E-state index contributed by atoms with van der Waals surface area (Å²) in [6.45, 7) is 1.39. The maximum Gasteiger partial charge on any atom is 0.371 e. The Morgan fingerprint density at radius 1 is 1.09 bits per heavy atom. The standard InChI is InChI=1S/C25H24N4O4/c26-14-16-4-6-21-20(11-16)17(15-28-21)3-1-2-9-27-10-8-24(30)29-19-5-7-22-18(12-19)13-23(33-22)25(31)32/h4-7,11-13,15,27-28H,1-3,8-10H2,(H,29,30)(H,31,32). The molecule has 4 N–H and O–H groups in total. The van der Waals surface area contributed by atoms with E-state index < -0.39 is 5.97 Å². The number of carboxylic acid groups (broad SMARTS) is 1. The van der Waals surface area contributed by atoms with Crippen LogP contribution in [0.1, 0.15) is 40.9 Å². The lowest BCUT2D eigenvalue weighted by molar-refractivity contribution is -0.116. The first-order chi connectivity index (χ1) is 16.0. The zero-order valence-corrected chi connectivity index (χ0v) is 18.0. The van der Waals surface area contributed by atoms with E-state index >= 15 is 0 Å². The predicted molar refractivity (Wildman–Crippen MR) is 125 cm³/mol. The number of hydrogen-bond donors (Lipinski definition) is 4. The molecule has 0 aliphatic rings. The second-order valence-electron chi connectivity index (χ2n) is 7.86. The molecular formula is C25H24N4O4. The van der Waals surface area contributed by atoms with Crippen molar-refractivity contribution < 1.29 is 19.1 Å². The summed E-state index contributed by atoms with van der Waals surface area (Å²) in [5.41, 5.74) is 3.99. The number of carbonyl (C=O) groups is 2. The van der Waals surface area contributed by atoms with Gasteiger partial charge in [0.1, 0.15) is 5.58 Å². The number of H-pyrrole nitrogens is 1. The monoisotopic (exact) mass is 444 g/mol. The third kappa shape index (κ3) is 5.40. The number of aromatic amines is 1. The van der Waals surface area contributed by atoms with Crippen LogP contribution in [-0.4, -0.2) is 35.1 Å².